The van der Waals surface area contributed by atoms with Gasteiger partial charge < -0.3 is 14.4 Å². The molecule has 1 aromatic carbocycles. The Morgan fingerprint density at radius 3 is 2.45 bits per heavy atom. The molecule has 22 heavy (non-hydrogen) atoms. The molecule has 5 nitrogen and oxygen atoms in total. The van der Waals surface area contributed by atoms with Crippen LogP contribution in [-0.4, -0.2) is 46.5 Å². The Morgan fingerprint density at radius 2 is 1.86 bits per heavy atom. The quantitative estimate of drug-likeness (QED) is 0.845. The van der Waals surface area contributed by atoms with Crippen LogP contribution in [0, 0.1) is 0 Å². The number of nitrogens with zero attached hydrogens (tertiary/aromatic N) is 4. The molecule has 0 N–H and O–H groups in total. The van der Waals surface area contributed by atoms with E-state index in [4.69, 9.17) is 23.2 Å². The molecule has 0 atom stereocenters. The van der Waals surface area contributed by atoms with E-state index in [0.717, 1.165) is 19.0 Å². The van der Waals surface area contributed by atoms with Gasteiger partial charge in [0.25, 0.3) is 5.91 Å². The molecule has 1 fully saturated rings. The van der Waals surface area contributed by atoms with Crippen molar-refractivity contribution in [1.82, 2.24) is 14.5 Å². The van der Waals surface area contributed by atoms with Crippen LogP contribution in [0.5, 0.6) is 0 Å². The number of hydrogen-bond acceptors (Lipinski definition) is 3. The molecule has 1 amide bonds. The predicted molar refractivity (Wildman–Crippen MR) is 87.8 cm³/mol. The van der Waals surface area contributed by atoms with E-state index in [1.807, 2.05) is 22.7 Å². The van der Waals surface area contributed by atoms with E-state index < -0.39 is 0 Å². The van der Waals surface area contributed by atoms with Crippen molar-refractivity contribution in [3.63, 3.8) is 0 Å². The maximum atomic E-state index is 12.5. The average Bonchev–Trinajstić information content (AvgIpc) is 2.95. The second-order valence-electron chi connectivity index (χ2n) is 5.25. The lowest BCUT2D eigenvalue weighted by Gasteiger charge is -2.35. The summed E-state index contributed by atoms with van der Waals surface area (Å²) in [6, 6.07) is 4.99. The van der Waals surface area contributed by atoms with Crippen LogP contribution in [0.4, 0.5) is 5.95 Å². The third kappa shape index (κ3) is 2.91. The highest BCUT2D eigenvalue weighted by Crippen LogP contribution is 2.23. The fourth-order valence-electron chi connectivity index (χ4n) is 2.58. The van der Waals surface area contributed by atoms with Crippen LogP contribution >= 0.6 is 23.2 Å². The van der Waals surface area contributed by atoms with Crippen molar-refractivity contribution < 1.29 is 4.79 Å². The lowest BCUT2D eigenvalue weighted by Crippen LogP contribution is -2.49. The van der Waals surface area contributed by atoms with E-state index in [-0.39, 0.29) is 5.91 Å². The maximum Gasteiger partial charge on any atom is 0.254 e. The number of halogens is 2. The summed E-state index contributed by atoms with van der Waals surface area (Å²) >= 11 is 11.9. The van der Waals surface area contributed by atoms with E-state index in [1.54, 1.807) is 24.4 Å². The number of anilines is 1. The van der Waals surface area contributed by atoms with Crippen molar-refractivity contribution in [1.29, 1.82) is 0 Å². The number of hydrogen-bond donors (Lipinski definition) is 0. The number of aryl methyl sites for hydroxylation is 1. The summed E-state index contributed by atoms with van der Waals surface area (Å²) in [4.78, 5) is 20.9. The number of carbonyl (C=O) groups is 1. The van der Waals surface area contributed by atoms with Crippen molar-refractivity contribution in [3.8, 4) is 0 Å². The molecule has 0 bridgehead atoms. The molecule has 0 saturated carbocycles. The summed E-state index contributed by atoms with van der Waals surface area (Å²) in [6.07, 6.45) is 3.70. The zero-order valence-electron chi connectivity index (χ0n) is 12.2. The lowest BCUT2D eigenvalue weighted by molar-refractivity contribution is 0.0746. The molecule has 1 aliphatic rings. The van der Waals surface area contributed by atoms with Crippen LogP contribution < -0.4 is 4.90 Å². The maximum absolute atomic E-state index is 12.5. The van der Waals surface area contributed by atoms with Gasteiger partial charge in [-0.1, -0.05) is 23.2 Å². The number of amides is 1. The molecule has 0 unspecified atom stereocenters. The largest absolute Gasteiger partial charge is 0.339 e. The Kier molecular flexibility index (Phi) is 4.27. The minimum atomic E-state index is -0.0157. The molecule has 0 radical (unpaired) electrons. The predicted octanol–water partition coefficient (Wildman–Crippen LogP) is 2.69. The Morgan fingerprint density at radius 1 is 1.14 bits per heavy atom. The topological polar surface area (TPSA) is 41.4 Å². The monoisotopic (exact) mass is 338 g/mol. The van der Waals surface area contributed by atoms with Crippen LogP contribution in [0.15, 0.2) is 30.6 Å². The summed E-state index contributed by atoms with van der Waals surface area (Å²) in [7, 11) is 1.97. The number of piperazine rings is 1. The average molecular weight is 339 g/mol. The Bertz CT molecular complexity index is 693. The normalized spacial score (nSPS) is 15.2. The summed E-state index contributed by atoms with van der Waals surface area (Å²) in [5.41, 5.74) is 0.569. The first-order chi connectivity index (χ1) is 10.6. The molecule has 2 aromatic rings. The first kappa shape index (κ1) is 15.2. The highest BCUT2D eigenvalue weighted by molar-refractivity contribution is 6.42. The smallest absolute Gasteiger partial charge is 0.254 e. The van der Waals surface area contributed by atoms with E-state index >= 15 is 0 Å². The summed E-state index contributed by atoms with van der Waals surface area (Å²) in [5.74, 6) is 0.916. The minimum Gasteiger partial charge on any atom is -0.339 e. The van der Waals surface area contributed by atoms with Gasteiger partial charge >= 0.3 is 0 Å². The molecular formula is C15H16Cl2N4O. The van der Waals surface area contributed by atoms with Crippen LogP contribution in [0.2, 0.25) is 10.0 Å². The molecule has 1 aromatic heterocycles. The number of imidazole rings is 1. The van der Waals surface area contributed by atoms with Crippen LogP contribution in [-0.2, 0) is 7.05 Å². The van der Waals surface area contributed by atoms with E-state index in [1.165, 1.54) is 0 Å². The van der Waals surface area contributed by atoms with Gasteiger partial charge in [-0.3, -0.25) is 4.79 Å². The van der Waals surface area contributed by atoms with Gasteiger partial charge in [-0.25, -0.2) is 4.98 Å². The van der Waals surface area contributed by atoms with Crippen molar-refractivity contribution in [3.05, 3.63) is 46.2 Å². The van der Waals surface area contributed by atoms with Crippen molar-refractivity contribution >= 4 is 35.1 Å². The standard InChI is InChI=1S/C15H16Cl2N4O/c1-19-5-4-18-15(19)21-8-6-20(7-9-21)14(22)11-2-3-12(16)13(17)10-11/h2-5,10H,6-9H2,1H3. The SMILES string of the molecule is Cn1ccnc1N1CCN(C(=O)c2ccc(Cl)c(Cl)c2)CC1. The summed E-state index contributed by atoms with van der Waals surface area (Å²) in [6.45, 7) is 2.84. The Balaban J connectivity index is 1.67. The van der Waals surface area contributed by atoms with Crippen LogP contribution in [0.25, 0.3) is 0 Å². The number of benzene rings is 1. The van der Waals surface area contributed by atoms with E-state index in [2.05, 4.69) is 9.88 Å². The lowest BCUT2D eigenvalue weighted by atomic mass is 10.2. The van der Waals surface area contributed by atoms with E-state index in [9.17, 15) is 4.79 Å². The van der Waals surface area contributed by atoms with Crippen molar-refractivity contribution in [2.75, 3.05) is 31.1 Å². The van der Waals surface area contributed by atoms with Gasteiger partial charge in [0.2, 0.25) is 5.95 Å². The second kappa shape index (κ2) is 6.18. The Hall–Kier alpha value is -1.72. The first-order valence-corrected chi connectivity index (χ1v) is 7.78. The van der Waals surface area contributed by atoms with E-state index in [0.29, 0.717) is 28.7 Å². The Labute approximate surface area is 139 Å². The van der Waals surface area contributed by atoms with Crippen molar-refractivity contribution in [2.45, 2.75) is 0 Å². The molecule has 1 aliphatic heterocycles. The zero-order chi connectivity index (χ0) is 15.7. The third-order valence-corrected chi connectivity index (χ3v) is 4.55. The summed E-state index contributed by atoms with van der Waals surface area (Å²) in [5, 5.41) is 0.858. The van der Waals surface area contributed by atoms with Crippen LogP contribution in [0.3, 0.4) is 0 Å². The zero-order valence-corrected chi connectivity index (χ0v) is 13.7. The van der Waals surface area contributed by atoms with Gasteiger partial charge in [0.15, 0.2) is 0 Å². The highest BCUT2D eigenvalue weighted by atomic mass is 35.5. The number of aromatic nitrogens is 2. The second-order valence-corrected chi connectivity index (χ2v) is 6.06. The van der Waals surface area contributed by atoms with Gasteiger partial charge in [0.1, 0.15) is 0 Å². The molecule has 116 valence electrons. The highest BCUT2D eigenvalue weighted by Gasteiger charge is 2.24. The molecule has 0 aliphatic carbocycles. The molecule has 3 rings (SSSR count). The number of rotatable bonds is 2. The molecule has 7 heteroatoms. The van der Waals surface area contributed by atoms with Gasteiger partial charge in [-0.15, -0.1) is 0 Å². The minimum absolute atomic E-state index is 0.0157. The molecule has 0 spiro atoms. The van der Waals surface area contributed by atoms with Crippen LogP contribution in [0.1, 0.15) is 10.4 Å². The fourth-order valence-corrected chi connectivity index (χ4v) is 2.88. The molecule has 2 heterocycles. The van der Waals surface area contributed by atoms with Crippen molar-refractivity contribution in [2.24, 2.45) is 7.05 Å². The van der Waals surface area contributed by atoms with Gasteiger partial charge in [-0.2, -0.15) is 0 Å². The fraction of sp³-hybridized carbons (Fsp3) is 0.333. The van der Waals surface area contributed by atoms with Gasteiger partial charge in [0, 0.05) is 51.2 Å². The summed E-state index contributed by atoms with van der Waals surface area (Å²) < 4.78 is 1.98. The third-order valence-electron chi connectivity index (χ3n) is 3.81. The first-order valence-electron chi connectivity index (χ1n) is 7.03. The molecule has 1 saturated heterocycles. The number of carbonyl (C=O) groups excluding carboxylic acids is 1. The van der Waals surface area contributed by atoms with Gasteiger partial charge in [-0.05, 0) is 18.2 Å². The molecular weight excluding hydrogens is 323 g/mol. The van der Waals surface area contributed by atoms with Gasteiger partial charge in [0.05, 0.1) is 10.0 Å².